The van der Waals surface area contributed by atoms with Crippen molar-refractivity contribution < 1.29 is 0 Å². The van der Waals surface area contributed by atoms with Crippen LogP contribution in [0.15, 0.2) is 12.3 Å². The zero-order valence-electron chi connectivity index (χ0n) is 10.1. The molecule has 4 heteroatoms. The van der Waals surface area contributed by atoms with Crippen LogP contribution in [0.1, 0.15) is 25.8 Å². The van der Waals surface area contributed by atoms with Crippen LogP contribution in [0.5, 0.6) is 0 Å². The number of aryl methyl sites for hydroxylation is 1. The summed E-state index contributed by atoms with van der Waals surface area (Å²) in [7, 11) is 0. The van der Waals surface area contributed by atoms with Gasteiger partial charge in [0.25, 0.3) is 0 Å². The molecular weight excluding hydrogens is 200 g/mol. The Balaban J connectivity index is 3.02. The number of rotatable bonds is 4. The first-order chi connectivity index (χ1) is 7.57. The van der Waals surface area contributed by atoms with Gasteiger partial charge in [0.15, 0.2) is 5.82 Å². The minimum absolute atomic E-state index is 0.282. The summed E-state index contributed by atoms with van der Waals surface area (Å²) in [6.07, 6.45) is 2.23. The number of nitrogens with two attached hydrogens (primary N) is 1. The molecule has 0 aromatic carbocycles. The van der Waals surface area contributed by atoms with Gasteiger partial charge in [0.2, 0.25) is 0 Å². The average molecular weight is 218 g/mol. The van der Waals surface area contributed by atoms with E-state index in [4.69, 9.17) is 11.0 Å². The molecule has 1 rings (SSSR count). The van der Waals surface area contributed by atoms with Crippen molar-refractivity contribution in [2.24, 2.45) is 0 Å². The first kappa shape index (κ1) is 12.3. The minimum Gasteiger partial charge on any atom is -0.396 e. The number of hydrogen-bond donors (Lipinski definition) is 1. The van der Waals surface area contributed by atoms with Crippen molar-refractivity contribution in [1.82, 2.24) is 4.98 Å². The number of nitrogens with zero attached hydrogens (tertiary/aromatic N) is 3. The van der Waals surface area contributed by atoms with Crippen molar-refractivity contribution in [3.8, 4) is 6.07 Å². The summed E-state index contributed by atoms with van der Waals surface area (Å²) in [6.45, 7) is 6.76. The predicted octanol–water partition coefficient (Wildman–Crippen LogP) is 2.10. The third-order valence-electron chi connectivity index (χ3n) is 2.55. The fraction of sp³-hybridized carbons (Fsp3) is 0.500. The summed E-state index contributed by atoms with van der Waals surface area (Å²) in [4.78, 5) is 6.37. The first-order valence-corrected chi connectivity index (χ1v) is 5.42. The molecule has 4 nitrogen and oxygen atoms in total. The predicted molar refractivity (Wildman–Crippen MR) is 66.1 cm³/mol. The second kappa shape index (κ2) is 5.36. The van der Waals surface area contributed by atoms with E-state index in [0.29, 0.717) is 18.7 Å². The van der Waals surface area contributed by atoms with Gasteiger partial charge in [0, 0.05) is 18.8 Å². The fourth-order valence-electron chi connectivity index (χ4n) is 1.56. The van der Waals surface area contributed by atoms with Crippen molar-refractivity contribution in [3.63, 3.8) is 0 Å². The number of aromatic nitrogens is 1. The Bertz CT molecular complexity index is 392. The van der Waals surface area contributed by atoms with Gasteiger partial charge < -0.3 is 10.6 Å². The van der Waals surface area contributed by atoms with Crippen LogP contribution in [-0.2, 0) is 0 Å². The lowest BCUT2D eigenvalue weighted by Crippen LogP contribution is -2.33. The highest BCUT2D eigenvalue weighted by Gasteiger charge is 2.15. The maximum atomic E-state index is 8.64. The molecule has 0 saturated heterocycles. The molecule has 0 unspecified atom stereocenters. The molecule has 0 aliphatic carbocycles. The van der Waals surface area contributed by atoms with Gasteiger partial charge in [-0.2, -0.15) is 5.26 Å². The van der Waals surface area contributed by atoms with E-state index in [1.165, 1.54) is 0 Å². The topological polar surface area (TPSA) is 65.9 Å². The molecule has 0 spiro atoms. The maximum Gasteiger partial charge on any atom is 0.152 e. The Kier molecular flexibility index (Phi) is 4.12. The molecule has 1 aromatic rings. The molecule has 1 heterocycles. The van der Waals surface area contributed by atoms with Crippen molar-refractivity contribution in [3.05, 3.63) is 17.8 Å². The molecule has 86 valence electrons. The van der Waals surface area contributed by atoms with Crippen LogP contribution in [0.4, 0.5) is 11.5 Å². The summed E-state index contributed by atoms with van der Waals surface area (Å²) >= 11 is 0. The molecule has 16 heavy (non-hydrogen) atoms. The highest BCUT2D eigenvalue weighted by Crippen LogP contribution is 2.24. The number of pyridine rings is 1. The van der Waals surface area contributed by atoms with Crippen molar-refractivity contribution in [1.29, 1.82) is 5.26 Å². The lowest BCUT2D eigenvalue weighted by atomic mass is 10.2. The summed E-state index contributed by atoms with van der Waals surface area (Å²) in [5.41, 5.74) is 7.73. The van der Waals surface area contributed by atoms with Gasteiger partial charge in [-0.1, -0.05) is 0 Å². The Hall–Kier alpha value is -1.76. The zero-order valence-corrected chi connectivity index (χ0v) is 10.1. The summed E-state index contributed by atoms with van der Waals surface area (Å²) in [5, 5.41) is 8.64. The van der Waals surface area contributed by atoms with Crippen LogP contribution >= 0.6 is 0 Å². The van der Waals surface area contributed by atoms with Gasteiger partial charge in [-0.15, -0.1) is 0 Å². The fourth-order valence-corrected chi connectivity index (χ4v) is 1.56. The Labute approximate surface area is 96.7 Å². The van der Waals surface area contributed by atoms with Crippen LogP contribution in [0.3, 0.4) is 0 Å². The van der Waals surface area contributed by atoms with Crippen molar-refractivity contribution >= 4 is 11.5 Å². The van der Waals surface area contributed by atoms with Gasteiger partial charge >= 0.3 is 0 Å². The summed E-state index contributed by atoms with van der Waals surface area (Å²) < 4.78 is 0. The van der Waals surface area contributed by atoms with Crippen LogP contribution in [-0.4, -0.2) is 17.6 Å². The molecule has 0 amide bonds. The van der Waals surface area contributed by atoms with Crippen molar-refractivity contribution in [2.45, 2.75) is 33.2 Å². The third kappa shape index (κ3) is 2.63. The Morgan fingerprint density at radius 1 is 1.56 bits per heavy atom. The maximum absolute atomic E-state index is 8.64. The number of nitriles is 1. The van der Waals surface area contributed by atoms with Gasteiger partial charge in [-0.05, 0) is 32.4 Å². The first-order valence-electron chi connectivity index (χ1n) is 5.42. The van der Waals surface area contributed by atoms with Crippen LogP contribution < -0.4 is 10.6 Å². The molecule has 0 atom stereocenters. The summed E-state index contributed by atoms with van der Waals surface area (Å²) in [5.74, 6) is 0.783. The molecular formula is C12H18N4. The quantitative estimate of drug-likeness (QED) is 0.840. The standard InChI is InChI=1S/C12H18N4/c1-9(2)16(8-4-6-13)12-11(14)10(3)5-7-15-12/h5,7,9H,4,8,14H2,1-3H3. The zero-order chi connectivity index (χ0) is 12.1. The lowest BCUT2D eigenvalue weighted by Gasteiger charge is -2.28. The van der Waals surface area contributed by atoms with Gasteiger partial charge in [-0.3, -0.25) is 0 Å². The van der Waals surface area contributed by atoms with E-state index < -0.39 is 0 Å². The SMILES string of the molecule is Cc1ccnc(N(CCC#N)C(C)C)c1N. The largest absolute Gasteiger partial charge is 0.396 e. The Morgan fingerprint density at radius 3 is 2.81 bits per heavy atom. The van der Waals surface area contributed by atoms with E-state index >= 15 is 0 Å². The van der Waals surface area contributed by atoms with Crippen LogP contribution in [0.2, 0.25) is 0 Å². The summed E-state index contributed by atoms with van der Waals surface area (Å²) in [6, 6.07) is 4.32. The number of hydrogen-bond acceptors (Lipinski definition) is 4. The molecule has 0 fully saturated rings. The van der Waals surface area contributed by atoms with Gasteiger partial charge in [-0.25, -0.2) is 4.98 Å². The van der Waals surface area contributed by atoms with E-state index in [-0.39, 0.29) is 6.04 Å². The van der Waals surface area contributed by atoms with Gasteiger partial charge in [0.1, 0.15) is 0 Å². The third-order valence-corrected chi connectivity index (χ3v) is 2.55. The molecule has 0 aliphatic rings. The second-order valence-corrected chi connectivity index (χ2v) is 4.06. The van der Waals surface area contributed by atoms with Crippen LogP contribution in [0, 0.1) is 18.3 Å². The molecule has 0 bridgehead atoms. The van der Waals surface area contributed by atoms with E-state index in [1.807, 2.05) is 13.0 Å². The van der Waals surface area contributed by atoms with E-state index in [2.05, 4.69) is 29.8 Å². The molecule has 1 aromatic heterocycles. The number of anilines is 2. The van der Waals surface area contributed by atoms with Crippen LogP contribution in [0.25, 0.3) is 0 Å². The smallest absolute Gasteiger partial charge is 0.152 e. The normalized spacial score (nSPS) is 10.2. The van der Waals surface area contributed by atoms with Crippen molar-refractivity contribution in [2.75, 3.05) is 17.2 Å². The molecule has 0 aliphatic heterocycles. The highest BCUT2D eigenvalue weighted by atomic mass is 15.2. The highest BCUT2D eigenvalue weighted by molar-refractivity contribution is 5.66. The second-order valence-electron chi connectivity index (χ2n) is 4.06. The molecule has 2 N–H and O–H groups in total. The lowest BCUT2D eigenvalue weighted by molar-refractivity contribution is 0.678. The monoisotopic (exact) mass is 218 g/mol. The van der Waals surface area contributed by atoms with E-state index in [9.17, 15) is 0 Å². The minimum atomic E-state index is 0.282. The molecule has 0 saturated carbocycles. The average Bonchev–Trinajstić information content (AvgIpc) is 2.24. The van der Waals surface area contributed by atoms with Gasteiger partial charge in [0.05, 0.1) is 18.2 Å². The molecule has 0 radical (unpaired) electrons. The van der Waals surface area contributed by atoms with E-state index in [0.717, 1.165) is 11.4 Å². The van der Waals surface area contributed by atoms with E-state index in [1.54, 1.807) is 6.20 Å². The number of nitrogen functional groups attached to an aromatic ring is 1. The Morgan fingerprint density at radius 2 is 2.25 bits per heavy atom.